The maximum Gasteiger partial charge on any atom is 0.344 e. The van der Waals surface area contributed by atoms with Crippen LogP contribution in [0.25, 0.3) is 0 Å². The Morgan fingerprint density at radius 2 is 1.93 bits per heavy atom. The van der Waals surface area contributed by atoms with Crippen molar-refractivity contribution in [2.45, 2.75) is 18.9 Å². The highest BCUT2D eigenvalue weighted by Gasteiger charge is 2.49. The van der Waals surface area contributed by atoms with E-state index >= 15 is 0 Å². The minimum atomic E-state index is -1.21. The molecule has 8 heteroatoms. The number of urea groups is 1. The molecule has 7 nitrogen and oxygen atoms in total. The van der Waals surface area contributed by atoms with Gasteiger partial charge in [0.15, 0.2) is 5.11 Å². The van der Waals surface area contributed by atoms with Gasteiger partial charge in [-0.2, -0.15) is 5.01 Å². The summed E-state index contributed by atoms with van der Waals surface area (Å²) in [6.07, 6.45) is 0.768. The zero-order valence-electron chi connectivity index (χ0n) is 15.7. The molecule has 3 rings (SSSR count). The van der Waals surface area contributed by atoms with Gasteiger partial charge in [0.05, 0.1) is 7.11 Å². The molecule has 0 bridgehead atoms. The van der Waals surface area contributed by atoms with E-state index in [4.69, 9.17) is 17.0 Å². The summed E-state index contributed by atoms with van der Waals surface area (Å²) in [5.41, 5.74) is 3.26. The van der Waals surface area contributed by atoms with Crippen molar-refractivity contribution in [2.75, 3.05) is 13.7 Å². The molecule has 3 amide bonds. The topological polar surface area (TPSA) is 82.7 Å². The Labute approximate surface area is 169 Å². The molecule has 2 aromatic carbocycles. The van der Waals surface area contributed by atoms with Gasteiger partial charge in [-0.15, -0.1) is 0 Å². The van der Waals surface area contributed by atoms with Gasteiger partial charge >= 0.3 is 6.03 Å². The molecule has 1 aliphatic heterocycles. The number of amides is 3. The Kier molecular flexibility index (Phi) is 5.79. The molecule has 1 unspecified atom stereocenters. The van der Waals surface area contributed by atoms with E-state index in [1.807, 2.05) is 30.3 Å². The van der Waals surface area contributed by atoms with Crippen molar-refractivity contribution in [1.82, 2.24) is 21.1 Å². The van der Waals surface area contributed by atoms with Crippen molar-refractivity contribution in [3.05, 3.63) is 65.7 Å². The second-order valence-electron chi connectivity index (χ2n) is 6.53. The molecular formula is C20H22N4O3S. The summed E-state index contributed by atoms with van der Waals surface area (Å²) in [5.74, 6) is 0.156. The van der Waals surface area contributed by atoms with Gasteiger partial charge in [0.2, 0.25) is 0 Å². The van der Waals surface area contributed by atoms with E-state index < -0.39 is 17.5 Å². The molecule has 0 radical (unpaired) electrons. The number of benzene rings is 2. The highest BCUT2D eigenvalue weighted by atomic mass is 32.1. The minimum absolute atomic E-state index is 0.203. The number of ether oxygens (including phenoxy) is 1. The smallest absolute Gasteiger partial charge is 0.344 e. The molecular weight excluding hydrogens is 376 g/mol. The summed E-state index contributed by atoms with van der Waals surface area (Å²) in [4.78, 5) is 25.3. The summed E-state index contributed by atoms with van der Waals surface area (Å²) in [7, 11) is 1.55. The van der Waals surface area contributed by atoms with Crippen LogP contribution in [0.15, 0.2) is 54.6 Å². The summed E-state index contributed by atoms with van der Waals surface area (Å²) in [5, 5.41) is 6.83. The SMILES string of the molecule is COc1cccc(C2(C)NC(=O)N(NC(=S)NCCc3ccccc3)C2=O)c1. The van der Waals surface area contributed by atoms with Gasteiger partial charge in [-0.3, -0.25) is 10.2 Å². The van der Waals surface area contributed by atoms with Crippen LogP contribution in [0.3, 0.4) is 0 Å². The number of nitrogens with zero attached hydrogens (tertiary/aromatic N) is 1. The predicted octanol–water partition coefficient (Wildman–Crippen LogP) is 2.08. The van der Waals surface area contributed by atoms with Crippen molar-refractivity contribution < 1.29 is 14.3 Å². The maximum absolute atomic E-state index is 12.9. The third kappa shape index (κ3) is 4.07. The number of nitrogens with one attached hydrogen (secondary N) is 3. The molecule has 0 aliphatic carbocycles. The normalized spacial score (nSPS) is 18.6. The molecule has 1 aliphatic rings. The van der Waals surface area contributed by atoms with Crippen LogP contribution in [-0.2, 0) is 16.8 Å². The van der Waals surface area contributed by atoms with E-state index in [1.165, 1.54) is 5.56 Å². The molecule has 0 saturated carbocycles. The zero-order chi connectivity index (χ0) is 20.1. The van der Waals surface area contributed by atoms with Crippen LogP contribution in [0.5, 0.6) is 5.75 Å². The Bertz CT molecular complexity index is 890. The van der Waals surface area contributed by atoms with Crippen LogP contribution < -0.4 is 20.8 Å². The number of hydrogen-bond acceptors (Lipinski definition) is 4. The fraction of sp³-hybridized carbons (Fsp3) is 0.250. The largest absolute Gasteiger partial charge is 0.497 e. The Morgan fingerprint density at radius 1 is 1.18 bits per heavy atom. The van der Waals surface area contributed by atoms with Crippen LogP contribution in [-0.4, -0.2) is 35.7 Å². The summed E-state index contributed by atoms with van der Waals surface area (Å²) in [6, 6.07) is 16.4. The second-order valence-corrected chi connectivity index (χ2v) is 6.94. The highest BCUT2D eigenvalue weighted by Crippen LogP contribution is 2.30. The molecule has 3 N–H and O–H groups in total. The fourth-order valence-corrected chi connectivity index (χ4v) is 3.17. The van der Waals surface area contributed by atoms with Crippen LogP contribution in [0.4, 0.5) is 4.79 Å². The predicted molar refractivity (Wildman–Crippen MR) is 110 cm³/mol. The number of methoxy groups -OCH3 is 1. The number of thiocarbonyl (C=S) groups is 1. The molecule has 146 valence electrons. The molecule has 2 aromatic rings. The van der Waals surface area contributed by atoms with E-state index in [-0.39, 0.29) is 5.11 Å². The molecule has 0 spiro atoms. The molecule has 0 aromatic heterocycles. The van der Waals surface area contributed by atoms with Crippen LogP contribution in [0, 0.1) is 0 Å². The monoisotopic (exact) mass is 398 g/mol. The molecule has 1 atom stereocenters. The average molecular weight is 398 g/mol. The van der Waals surface area contributed by atoms with Crippen molar-refractivity contribution in [3.8, 4) is 5.75 Å². The third-order valence-electron chi connectivity index (χ3n) is 4.59. The highest BCUT2D eigenvalue weighted by molar-refractivity contribution is 7.80. The van der Waals surface area contributed by atoms with Crippen molar-refractivity contribution in [2.24, 2.45) is 0 Å². The number of imide groups is 1. The Balaban J connectivity index is 1.62. The van der Waals surface area contributed by atoms with Crippen molar-refractivity contribution >= 4 is 29.3 Å². The van der Waals surface area contributed by atoms with Gasteiger partial charge in [-0.05, 0) is 48.8 Å². The van der Waals surface area contributed by atoms with E-state index in [0.717, 1.165) is 11.4 Å². The Morgan fingerprint density at radius 3 is 2.64 bits per heavy atom. The lowest BCUT2D eigenvalue weighted by molar-refractivity contribution is -0.132. The quantitative estimate of drug-likeness (QED) is 0.511. The average Bonchev–Trinajstić information content (AvgIpc) is 2.93. The molecule has 1 fully saturated rings. The lowest BCUT2D eigenvalue weighted by Gasteiger charge is -2.23. The molecule has 28 heavy (non-hydrogen) atoms. The summed E-state index contributed by atoms with van der Waals surface area (Å²) in [6.45, 7) is 2.22. The third-order valence-corrected chi connectivity index (χ3v) is 4.83. The van der Waals surface area contributed by atoms with Gasteiger partial charge in [0.1, 0.15) is 11.3 Å². The maximum atomic E-state index is 12.9. The van der Waals surface area contributed by atoms with Gasteiger partial charge in [-0.25, -0.2) is 4.79 Å². The van der Waals surface area contributed by atoms with Crippen molar-refractivity contribution in [1.29, 1.82) is 0 Å². The van der Waals surface area contributed by atoms with Crippen LogP contribution in [0.2, 0.25) is 0 Å². The fourth-order valence-electron chi connectivity index (χ4n) is 2.98. The lowest BCUT2D eigenvalue weighted by Crippen LogP contribution is -2.51. The summed E-state index contributed by atoms with van der Waals surface area (Å²) < 4.78 is 5.21. The van der Waals surface area contributed by atoms with Gasteiger partial charge in [0, 0.05) is 6.54 Å². The Hall–Kier alpha value is -3.13. The standard InChI is InChI=1S/C20H22N4O3S/c1-20(15-9-6-10-16(13-15)27-2)17(25)24(19(26)22-20)23-18(28)21-12-11-14-7-4-3-5-8-14/h3-10,13H,11-12H2,1-2H3,(H,22,26)(H2,21,23,28). The number of carbonyl (C=O) groups excluding carboxylic acids is 2. The van der Waals surface area contributed by atoms with E-state index in [2.05, 4.69) is 16.1 Å². The zero-order valence-corrected chi connectivity index (χ0v) is 16.5. The first kappa shape index (κ1) is 19.6. The van der Waals surface area contributed by atoms with E-state index in [0.29, 0.717) is 17.9 Å². The first-order valence-electron chi connectivity index (χ1n) is 8.83. The van der Waals surface area contributed by atoms with Crippen LogP contribution >= 0.6 is 12.2 Å². The summed E-state index contributed by atoms with van der Waals surface area (Å²) >= 11 is 5.23. The van der Waals surface area contributed by atoms with Crippen molar-refractivity contribution in [3.63, 3.8) is 0 Å². The first-order valence-corrected chi connectivity index (χ1v) is 9.24. The van der Waals surface area contributed by atoms with Gasteiger partial charge < -0.3 is 15.4 Å². The first-order chi connectivity index (χ1) is 13.4. The molecule has 1 heterocycles. The van der Waals surface area contributed by atoms with Crippen LogP contribution in [0.1, 0.15) is 18.1 Å². The van der Waals surface area contributed by atoms with E-state index in [1.54, 1.807) is 38.3 Å². The minimum Gasteiger partial charge on any atom is -0.497 e. The second kappa shape index (κ2) is 8.26. The number of hydrogen-bond donors (Lipinski definition) is 3. The lowest BCUT2D eigenvalue weighted by atomic mass is 9.92. The number of carbonyl (C=O) groups is 2. The number of rotatable bonds is 6. The number of hydrazine groups is 1. The molecule has 1 saturated heterocycles. The van der Waals surface area contributed by atoms with Gasteiger partial charge in [-0.1, -0.05) is 42.5 Å². The van der Waals surface area contributed by atoms with Gasteiger partial charge in [0.25, 0.3) is 5.91 Å². The van der Waals surface area contributed by atoms with E-state index in [9.17, 15) is 9.59 Å².